The van der Waals surface area contributed by atoms with E-state index in [1.54, 1.807) is 6.08 Å². The minimum atomic E-state index is 0.529. The van der Waals surface area contributed by atoms with E-state index in [9.17, 15) is 0 Å². The van der Waals surface area contributed by atoms with Crippen LogP contribution in [0.15, 0.2) is 133 Å². The summed E-state index contributed by atoms with van der Waals surface area (Å²) in [6, 6.07) is 43.9. The fourth-order valence-electron chi connectivity index (χ4n) is 4.52. The molecule has 0 atom stereocenters. The SMILES string of the molecule is CC(C)c1ccccc1N.N=C/C=C/c1c(-c2ccccc2)cc(-c2ccccc2)cc1-c1ccccc1. The summed E-state index contributed by atoms with van der Waals surface area (Å²) in [6.07, 6.45) is 5.15. The molecule has 0 heterocycles. The van der Waals surface area contributed by atoms with Crippen LogP contribution in [0, 0.1) is 5.41 Å². The van der Waals surface area contributed by atoms with E-state index < -0.39 is 0 Å². The summed E-state index contributed by atoms with van der Waals surface area (Å²) in [6.45, 7) is 4.29. The summed E-state index contributed by atoms with van der Waals surface area (Å²) in [4.78, 5) is 0. The Kier molecular flexibility index (Phi) is 9.04. The summed E-state index contributed by atoms with van der Waals surface area (Å²) in [7, 11) is 0. The quantitative estimate of drug-likeness (QED) is 0.179. The lowest BCUT2D eigenvalue weighted by Crippen LogP contribution is -1.94. The van der Waals surface area contributed by atoms with Gasteiger partial charge in [0.2, 0.25) is 0 Å². The molecule has 5 aromatic carbocycles. The van der Waals surface area contributed by atoms with Crippen LogP contribution in [-0.4, -0.2) is 6.21 Å². The van der Waals surface area contributed by atoms with Gasteiger partial charge in [-0.05, 0) is 74.7 Å². The zero-order chi connectivity index (χ0) is 26.7. The largest absolute Gasteiger partial charge is 0.398 e. The summed E-state index contributed by atoms with van der Waals surface area (Å²) < 4.78 is 0. The smallest absolute Gasteiger partial charge is 0.0349 e. The predicted octanol–water partition coefficient (Wildman–Crippen LogP) is 9.74. The van der Waals surface area contributed by atoms with Crippen LogP contribution in [0.2, 0.25) is 0 Å². The van der Waals surface area contributed by atoms with E-state index in [4.69, 9.17) is 11.1 Å². The molecule has 0 amide bonds. The molecule has 0 radical (unpaired) electrons. The molecule has 5 rings (SSSR count). The van der Waals surface area contributed by atoms with Gasteiger partial charge in [-0.25, -0.2) is 0 Å². The van der Waals surface area contributed by atoms with Crippen LogP contribution in [0.3, 0.4) is 0 Å². The van der Waals surface area contributed by atoms with Crippen molar-refractivity contribution in [1.29, 1.82) is 5.41 Å². The first-order valence-electron chi connectivity index (χ1n) is 12.9. The number of nitrogens with one attached hydrogen (secondary N) is 1. The molecule has 0 aliphatic heterocycles. The molecule has 38 heavy (non-hydrogen) atoms. The molecule has 0 saturated carbocycles. The number of allylic oxidation sites excluding steroid dienone is 1. The Hall–Kier alpha value is -4.69. The number of hydrogen-bond acceptors (Lipinski definition) is 2. The van der Waals surface area contributed by atoms with Crippen molar-refractivity contribution in [2.24, 2.45) is 0 Å². The molecular formula is C36H34N2. The lowest BCUT2D eigenvalue weighted by Gasteiger charge is -2.16. The fourth-order valence-corrected chi connectivity index (χ4v) is 4.52. The normalized spacial score (nSPS) is 10.7. The Balaban J connectivity index is 0.000000283. The van der Waals surface area contributed by atoms with Gasteiger partial charge in [-0.1, -0.05) is 129 Å². The van der Waals surface area contributed by atoms with Gasteiger partial charge in [-0.2, -0.15) is 0 Å². The molecule has 0 unspecified atom stereocenters. The maximum Gasteiger partial charge on any atom is 0.0349 e. The number of para-hydroxylation sites is 1. The molecule has 0 aliphatic carbocycles. The number of nitrogen functional groups attached to an aromatic ring is 1. The lowest BCUT2D eigenvalue weighted by atomic mass is 9.87. The molecule has 0 fully saturated rings. The third-order valence-corrected chi connectivity index (χ3v) is 6.43. The minimum Gasteiger partial charge on any atom is -0.398 e. The highest BCUT2D eigenvalue weighted by molar-refractivity contribution is 5.93. The van der Waals surface area contributed by atoms with Gasteiger partial charge in [0.15, 0.2) is 0 Å². The maximum atomic E-state index is 7.47. The Morgan fingerprint density at radius 3 is 1.45 bits per heavy atom. The van der Waals surface area contributed by atoms with Crippen LogP contribution in [0.5, 0.6) is 0 Å². The van der Waals surface area contributed by atoms with Gasteiger partial charge in [0, 0.05) is 11.9 Å². The second-order valence-electron chi connectivity index (χ2n) is 9.39. The highest BCUT2D eigenvalue weighted by Crippen LogP contribution is 2.38. The van der Waals surface area contributed by atoms with Crippen molar-refractivity contribution in [2.75, 3.05) is 5.73 Å². The minimum absolute atomic E-state index is 0.529. The molecule has 0 aliphatic rings. The zero-order valence-electron chi connectivity index (χ0n) is 22.0. The Morgan fingerprint density at radius 2 is 1.03 bits per heavy atom. The van der Waals surface area contributed by atoms with E-state index in [0.29, 0.717) is 5.92 Å². The van der Waals surface area contributed by atoms with Crippen LogP contribution in [0.1, 0.15) is 30.9 Å². The molecule has 188 valence electrons. The van der Waals surface area contributed by atoms with E-state index in [0.717, 1.165) is 11.3 Å². The number of benzene rings is 5. The van der Waals surface area contributed by atoms with Crippen molar-refractivity contribution in [3.63, 3.8) is 0 Å². The second kappa shape index (κ2) is 13.0. The Bertz CT molecular complexity index is 1420. The summed E-state index contributed by atoms with van der Waals surface area (Å²) in [5.74, 6) is 0.529. The third kappa shape index (κ3) is 6.54. The topological polar surface area (TPSA) is 49.9 Å². The van der Waals surface area contributed by atoms with Gasteiger partial charge in [-0.15, -0.1) is 0 Å². The molecular weight excluding hydrogens is 460 g/mol. The van der Waals surface area contributed by atoms with Gasteiger partial charge in [0.25, 0.3) is 0 Å². The van der Waals surface area contributed by atoms with Gasteiger partial charge in [0.05, 0.1) is 0 Å². The van der Waals surface area contributed by atoms with Gasteiger partial charge in [-0.3, -0.25) is 0 Å². The summed E-state index contributed by atoms with van der Waals surface area (Å²) in [5, 5.41) is 7.47. The first kappa shape index (κ1) is 26.4. The van der Waals surface area contributed by atoms with Crippen LogP contribution in [0.4, 0.5) is 5.69 Å². The molecule has 5 aromatic rings. The van der Waals surface area contributed by atoms with Crippen LogP contribution >= 0.6 is 0 Å². The van der Waals surface area contributed by atoms with Crippen LogP contribution in [0.25, 0.3) is 39.5 Å². The van der Waals surface area contributed by atoms with Gasteiger partial charge in [0.1, 0.15) is 0 Å². The molecule has 3 N–H and O–H groups in total. The average molecular weight is 495 g/mol. The first-order valence-corrected chi connectivity index (χ1v) is 12.9. The van der Waals surface area contributed by atoms with E-state index >= 15 is 0 Å². The van der Waals surface area contributed by atoms with Gasteiger partial charge >= 0.3 is 0 Å². The van der Waals surface area contributed by atoms with Crippen LogP contribution < -0.4 is 5.73 Å². The molecule has 0 aromatic heterocycles. The summed E-state index contributed by atoms with van der Waals surface area (Å²) in [5.41, 5.74) is 16.0. The van der Waals surface area contributed by atoms with E-state index in [1.807, 2.05) is 42.5 Å². The lowest BCUT2D eigenvalue weighted by molar-refractivity contribution is 0.870. The molecule has 2 nitrogen and oxygen atoms in total. The number of hydrogen-bond donors (Lipinski definition) is 2. The van der Waals surface area contributed by atoms with Crippen molar-refractivity contribution in [3.05, 3.63) is 145 Å². The van der Waals surface area contributed by atoms with Gasteiger partial charge < -0.3 is 11.1 Å². The predicted molar refractivity (Wildman–Crippen MR) is 166 cm³/mol. The molecule has 0 saturated heterocycles. The van der Waals surface area contributed by atoms with Crippen molar-refractivity contribution in [3.8, 4) is 33.4 Å². The highest BCUT2D eigenvalue weighted by Gasteiger charge is 2.13. The third-order valence-electron chi connectivity index (χ3n) is 6.43. The Morgan fingerprint density at radius 1 is 0.579 bits per heavy atom. The van der Waals surface area contributed by atoms with Crippen molar-refractivity contribution in [1.82, 2.24) is 0 Å². The van der Waals surface area contributed by atoms with E-state index in [1.165, 1.54) is 45.2 Å². The first-order chi connectivity index (χ1) is 18.6. The monoisotopic (exact) mass is 494 g/mol. The average Bonchev–Trinajstić information content (AvgIpc) is 2.97. The number of anilines is 1. The number of nitrogens with two attached hydrogens (primary N) is 1. The Labute approximate surface area is 226 Å². The molecule has 0 spiro atoms. The number of rotatable bonds is 6. The van der Waals surface area contributed by atoms with E-state index in [2.05, 4.69) is 105 Å². The van der Waals surface area contributed by atoms with E-state index in [-0.39, 0.29) is 0 Å². The maximum absolute atomic E-state index is 7.47. The molecule has 0 bridgehead atoms. The second-order valence-corrected chi connectivity index (χ2v) is 9.39. The standard InChI is InChI=1S/C27H21N.C9H13N/c28-18-10-17-25-26(22-13-6-2-7-14-22)19-24(21-11-4-1-5-12-21)20-27(25)23-15-8-3-9-16-23;1-7(2)8-5-3-4-6-9(8)10/h1-20,28H;3-7H,10H2,1-2H3/b17-10+,28-18?;. The van der Waals surface area contributed by atoms with Crippen molar-refractivity contribution < 1.29 is 0 Å². The van der Waals surface area contributed by atoms with Crippen molar-refractivity contribution in [2.45, 2.75) is 19.8 Å². The summed E-state index contributed by atoms with van der Waals surface area (Å²) >= 11 is 0. The zero-order valence-corrected chi connectivity index (χ0v) is 22.0. The van der Waals surface area contributed by atoms with Crippen molar-refractivity contribution >= 4 is 18.0 Å². The fraction of sp³-hybridized carbons (Fsp3) is 0.0833. The molecule has 2 heteroatoms. The highest BCUT2D eigenvalue weighted by atomic mass is 14.6. The van der Waals surface area contributed by atoms with Crippen LogP contribution in [-0.2, 0) is 0 Å².